The molecule has 22 heavy (non-hydrogen) atoms. The number of aliphatic hydroxyl groups is 1. The van der Waals surface area contributed by atoms with Gasteiger partial charge in [-0.2, -0.15) is 0 Å². The molecule has 0 radical (unpaired) electrons. The van der Waals surface area contributed by atoms with Gasteiger partial charge < -0.3 is 19.7 Å². The fourth-order valence-electron chi connectivity index (χ4n) is 2.46. The van der Waals surface area contributed by atoms with Crippen LogP contribution in [-0.4, -0.2) is 28.2 Å². The van der Waals surface area contributed by atoms with Crippen LogP contribution in [0.25, 0.3) is 0 Å². The second-order valence-corrected chi connectivity index (χ2v) is 5.86. The smallest absolute Gasteiger partial charge is 0.203 e. The molecule has 0 saturated carbocycles. The van der Waals surface area contributed by atoms with Gasteiger partial charge in [-0.3, -0.25) is 4.79 Å². The molecule has 1 aromatic carbocycles. The molecule has 1 aromatic rings. The molecule has 0 saturated heterocycles. The van der Waals surface area contributed by atoms with E-state index < -0.39 is 11.4 Å². The Morgan fingerprint density at radius 2 is 2.05 bits per heavy atom. The van der Waals surface area contributed by atoms with E-state index in [1.165, 1.54) is 6.07 Å². The predicted molar refractivity (Wildman–Crippen MR) is 82.9 cm³/mol. The first-order valence-corrected chi connectivity index (χ1v) is 7.49. The summed E-state index contributed by atoms with van der Waals surface area (Å²) in [6.45, 7) is 6.02. The first-order chi connectivity index (χ1) is 10.4. The minimum absolute atomic E-state index is 0.0560. The van der Waals surface area contributed by atoms with Gasteiger partial charge in [0.05, 0.1) is 18.4 Å². The number of hydrogen-bond donors (Lipinski definition) is 2. The quantitative estimate of drug-likeness (QED) is 0.492. The highest BCUT2D eigenvalue weighted by atomic mass is 16.5. The van der Waals surface area contributed by atoms with Gasteiger partial charge in [-0.15, -0.1) is 0 Å². The number of aliphatic hydroxyl groups excluding tert-OH is 1. The van der Waals surface area contributed by atoms with Crippen LogP contribution in [0.4, 0.5) is 0 Å². The largest absolute Gasteiger partial charge is 0.515 e. The van der Waals surface area contributed by atoms with Crippen molar-refractivity contribution in [1.82, 2.24) is 0 Å². The summed E-state index contributed by atoms with van der Waals surface area (Å²) in [5, 5.41) is 19.4. The minimum atomic E-state index is -0.966. The van der Waals surface area contributed by atoms with Gasteiger partial charge in [0.1, 0.15) is 28.4 Å². The maximum absolute atomic E-state index is 12.4. The third-order valence-corrected chi connectivity index (χ3v) is 3.69. The molecule has 2 N–H and O–H groups in total. The van der Waals surface area contributed by atoms with Crippen molar-refractivity contribution in [2.75, 3.05) is 6.61 Å². The number of aromatic hydroxyl groups is 1. The molecule has 0 bridgehead atoms. The topological polar surface area (TPSA) is 76.0 Å². The molecule has 5 nitrogen and oxygen atoms in total. The molecule has 0 spiro atoms. The van der Waals surface area contributed by atoms with Gasteiger partial charge >= 0.3 is 0 Å². The third kappa shape index (κ3) is 3.03. The molecule has 1 aliphatic rings. The lowest BCUT2D eigenvalue weighted by Crippen LogP contribution is -2.39. The maximum Gasteiger partial charge on any atom is 0.203 e. The Morgan fingerprint density at radius 1 is 1.32 bits per heavy atom. The number of benzene rings is 1. The fourth-order valence-corrected chi connectivity index (χ4v) is 2.46. The lowest BCUT2D eigenvalue weighted by atomic mass is 9.87. The molecular weight excluding hydrogens is 284 g/mol. The molecule has 5 heteroatoms. The highest BCUT2D eigenvalue weighted by molar-refractivity contribution is 6.14. The Morgan fingerprint density at radius 3 is 2.68 bits per heavy atom. The third-order valence-electron chi connectivity index (χ3n) is 3.69. The second-order valence-electron chi connectivity index (χ2n) is 5.86. The Kier molecular flexibility index (Phi) is 4.64. The average molecular weight is 306 g/mol. The lowest BCUT2D eigenvalue weighted by molar-refractivity contribution is 0.0837. The van der Waals surface area contributed by atoms with Gasteiger partial charge in [0.2, 0.25) is 5.78 Å². The van der Waals surface area contributed by atoms with Crippen molar-refractivity contribution in [3.63, 3.8) is 0 Å². The van der Waals surface area contributed by atoms with E-state index in [-0.39, 0.29) is 22.6 Å². The first kappa shape index (κ1) is 16.2. The Bertz CT molecular complexity index is 601. The van der Waals surface area contributed by atoms with Crippen molar-refractivity contribution in [3.05, 3.63) is 29.5 Å². The summed E-state index contributed by atoms with van der Waals surface area (Å²) in [5.41, 5.74) is -0.806. The molecule has 0 aromatic heterocycles. The van der Waals surface area contributed by atoms with E-state index in [2.05, 4.69) is 6.92 Å². The predicted octanol–water partition coefficient (Wildman–Crippen LogP) is 3.76. The summed E-state index contributed by atoms with van der Waals surface area (Å²) in [6.07, 6.45) is 3.83. The molecular formula is C17H22O5. The average Bonchev–Trinajstić information content (AvgIpc) is 2.42. The molecule has 0 fully saturated rings. The standard InChI is InChI=1S/C17H22O5/c1-4-5-6-7-21-11-8-13(19)15-14(9-11)22-17(2,3)12(10-18)16(15)20/h8-10,18-19H,4-7H2,1-3H3/b12-10-. The summed E-state index contributed by atoms with van der Waals surface area (Å²) in [7, 11) is 0. The van der Waals surface area contributed by atoms with E-state index >= 15 is 0 Å². The molecule has 0 amide bonds. The van der Waals surface area contributed by atoms with E-state index in [1.807, 2.05) is 0 Å². The monoisotopic (exact) mass is 306 g/mol. The number of phenolic OH excluding ortho intramolecular Hbond substituents is 1. The number of ether oxygens (including phenoxy) is 2. The molecule has 1 heterocycles. The summed E-state index contributed by atoms with van der Waals surface area (Å²) < 4.78 is 11.3. The van der Waals surface area contributed by atoms with E-state index in [0.29, 0.717) is 12.4 Å². The van der Waals surface area contributed by atoms with E-state index in [1.54, 1.807) is 19.9 Å². The molecule has 0 unspecified atom stereocenters. The zero-order chi connectivity index (χ0) is 16.3. The van der Waals surface area contributed by atoms with Crippen molar-refractivity contribution >= 4 is 5.78 Å². The number of unbranched alkanes of at least 4 members (excludes halogenated alkanes) is 2. The number of phenols is 1. The van der Waals surface area contributed by atoms with Crippen molar-refractivity contribution in [2.45, 2.75) is 45.6 Å². The van der Waals surface area contributed by atoms with Crippen LogP contribution in [0.1, 0.15) is 50.4 Å². The Labute approximate surface area is 130 Å². The maximum atomic E-state index is 12.4. The number of ketones is 1. The number of carbonyl (C=O) groups excluding carboxylic acids is 1. The zero-order valence-corrected chi connectivity index (χ0v) is 13.2. The van der Waals surface area contributed by atoms with Gasteiger partial charge in [0, 0.05) is 12.1 Å². The SMILES string of the molecule is CCCCCOc1cc(O)c2c(c1)OC(C)(C)/C(=C\O)C2=O. The Balaban J connectivity index is 2.30. The van der Waals surface area contributed by atoms with Gasteiger partial charge in [-0.25, -0.2) is 0 Å². The van der Waals surface area contributed by atoms with Crippen LogP contribution in [0.3, 0.4) is 0 Å². The van der Waals surface area contributed by atoms with Crippen LogP contribution < -0.4 is 9.47 Å². The normalized spacial score (nSPS) is 18.0. The van der Waals surface area contributed by atoms with Crippen molar-refractivity contribution in [2.24, 2.45) is 0 Å². The van der Waals surface area contributed by atoms with Crippen molar-refractivity contribution in [1.29, 1.82) is 0 Å². The highest BCUT2D eigenvalue weighted by Crippen LogP contribution is 2.43. The number of Topliss-reactive ketones (excluding diaryl/α,β-unsaturated/α-hetero) is 1. The summed E-state index contributed by atoms with van der Waals surface area (Å²) >= 11 is 0. The summed E-state index contributed by atoms with van der Waals surface area (Å²) in [4.78, 5) is 12.4. The van der Waals surface area contributed by atoms with Gasteiger partial charge in [-0.05, 0) is 20.3 Å². The second kappa shape index (κ2) is 6.30. The fraction of sp³-hybridized carbons (Fsp3) is 0.471. The van der Waals surface area contributed by atoms with Crippen molar-refractivity contribution < 1.29 is 24.5 Å². The van der Waals surface area contributed by atoms with Crippen LogP contribution in [0.15, 0.2) is 24.0 Å². The summed E-state index contributed by atoms with van der Waals surface area (Å²) in [5.74, 6) is 0.0881. The number of rotatable bonds is 5. The number of carbonyl (C=O) groups is 1. The molecule has 0 aliphatic carbocycles. The molecule has 120 valence electrons. The lowest BCUT2D eigenvalue weighted by Gasteiger charge is -2.33. The number of fused-ring (bicyclic) bond motifs is 1. The van der Waals surface area contributed by atoms with Crippen LogP contribution in [0, 0.1) is 0 Å². The van der Waals surface area contributed by atoms with E-state index in [0.717, 1.165) is 25.5 Å². The van der Waals surface area contributed by atoms with Gasteiger partial charge in [0.25, 0.3) is 0 Å². The van der Waals surface area contributed by atoms with E-state index in [4.69, 9.17) is 9.47 Å². The van der Waals surface area contributed by atoms with Crippen LogP contribution in [-0.2, 0) is 0 Å². The Hall–Kier alpha value is -2.17. The van der Waals surface area contributed by atoms with Crippen LogP contribution >= 0.6 is 0 Å². The first-order valence-electron chi connectivity index (χ1n) is 7.49. The van der Waals surface area contributed by atoms with Crippen molar-refractivity contribution in [3.8, 4) is 17.2 Å². The molecule has 0 atom stereocenters. The van der Waals surface area contributed by atoms with Gasteiger partial charge in [-0.1, -0.05) is 19.8 Å². The highest BCUT2D eigenvalue weighted by Gasteiger charge is 2.40. The van der Waals surface area contributed by atoms with Crippen LogP contribution in [0.5, 0.6) is 17.2 Å². The van der Waals surface area contributed by atoms with Gasteiger partial charge in [0.15, 0.2) is 0 Å². The summed E-state index contributed by atoms with van der Waals surface area (Å²) in [6, 6.07) is 3.01. The molecule has 2 rings (SSSR count). The van der Waals surface area contributed by atoms with E-state index in [9.17, 15) is 15.0 Å². The minimum Gasteiger partial charge on any atom is -0.515 e. The zero-order valence-electron chi connectivity index (χ0n) is 13.2. The number of hydrogen-bond acceptors (Lipinski definition) is 5. The molecule has 1 aliphatic heterocycles. The van der Waals surface area contributed by atoms with Crippen LogP contribution in [0.2, 0.25) is 0 Å².